The van der Waals surface area contributed by atoms with Gasteiger partial charge in [-0.3, -0.25) is 0 Å². The molecule has 238 valence electrons. The van der Waals surface area contributed by atoms with Crippen LogP contribution in [-0.2, 0) is 0 Å². The highest BCUT2D eigenvalue weighted by molar-refractivity contribution is 6.20. The molecule has 3 heterocycles. The van der Waals surface area contributed by atoms with E-state index in [-0.39, 0.29) is 0 Å². The number of para-hydroxylation sites is 3. The van der Waals surface area contributed by atoms with Crippen molar-refractivity contribution in [2.75, 3.05) is 0 Å². The lowest BCUT2D eigenvalue weighted by Crippen LogP contribution is -1.96. The average molecular weight is 651 g/mol. The molecular weight excluding hydrogens is 621 g/mol. The van der Waals surface area contributed by atoms with Crippen molar-refractivity contribution in [3.05, 3.63) is 182 Å². The molecule has 0 saturated carbocycles. The first-order valence-corrected chi connectivity index (χ1v) is 17.4. The fraction of sp³-hybridized carbons (Fsp3) is 0. The minimum Gasteiger partial charge on any atom is -0.456 e. The Morgan fingerprint density at radius 1 is 0.314 bits per heavy atom. The Morgan fingerprint density at radius 3 is 1.63 bits per heavy atom. The fourth-order valence-electron chi connectivity index (χ4n) is 8.22. The van der Waals surface area contributed by atoms with Gasteiger partial charge in [-0.05, 0) is 76.9 Å². The summed E-state index contributed by atoms with van der Waals surface area (Å²) in [7, 11) is 0. The van der Waals surface area contributed by atoms with E-state index in [4.69, 9.17) is 4.42 Å². The minimum absolute atomic E-state index is 0.892. The predicted molar refractivity (Wildman–Crippen MR) is 213 cm³/mol. The van der Waals surface area contributed by atoms with E-state index in [1.165, 1.54) is 60.3 Å². The van der Waals surface area contributed by atoms with Gasteiger partial charge >= 0.3 is 0 Å². The first-order valence-electron chi connectivity index (χ1n) is 17.4. The maximum absolute atomic E-state index is 6.36. The maximum Gasteiger partial charge on any atom is 0.137 e. The van der Waals surface area contributed by atoms with Gasteiger partial charge in [0.1, 0.15) is 11.2 Å². The molecule has 0 aliphatic carbocycles. The molecule has 11 aromatic rings. The second kappa shape index (κ2) is 10.8. The first kappa shape index (κ1) is 28.0. The van der Waals surface area contributed by atoms with Gasteiger partial charge in [-0.25, -0.2) is 0 Å². The van der Waals surface area contributed by atoms with E-state index in [1.54, 1.807) is 0 Å². The molecule has 0 bridgehead atoms. The van der Waals surface area contributed by atoms with E-state index in [0.29, 0.717) is 0 Å². The number of benzene rings is 8. The standard InChI is InChI=1S/C48H30N2O/c1-2-12-31(13-3-1)32-24-26-33(27-25-32)34-14-10-15-35(28-34)49-41-19-7-4-16-36(41)39-29-40-37-17-5-8-20-42(37)50(45(40)30-44(39)49)43-21-11-23-47-48(43)38-18-6-9-22-46(38)51-47/h1-30H. The summed E-state index contributed by atoms with van der Waals surface area (Å²) in [5, 5.41) is 7.20. The van der Waals surface area contributed by atoms with Crippen LogP contribution in [0.4, 0.5) is 0 Å². The van der Waals surface area contributed by atoms with Crippen LogP contribution in [0.25, 0.3) is 99.2 Å². The van der Waals surface area contributed by atoms with Crippen LogP contribution in [0.1, 0.15) is 0 Å². The maximum atomic E-state index is 6.36. The third-order valence-corrected chi connectivity index (χ3v) is 10.5. The Morgan fingerprint density at radius 2 is 0.863 bits per heavy atom. The Balaban J connectivity index is 1.17. The molecule has 0 aliphatic rings. The summed E-state index contributed by atoms with van der Waals surface area (Å²) in [5.41, 5.74) is 13.6. The van der Waals surface area contributed by atoms with Crippen molar-refractivity contribution in [3.63, 3.8) is 0 Å². The first-order chi connectivity index (χ1) is 25.3. The van der Waals surface area contributed by atoms with Crippen molar-refractivity contribution in [3.8, 4) is 33.6 Å². The minimum atomic E-state index is 0.892. The van der Waals surface area contributed by atoms with Crippen LogP contribution in [-0.4, -0.2) is 9.13 Å². The Kier molecular flexibility index (Phi) is 5.96. The summed E-state index contributed by atoms with van der Waals surface area (Å²) in [6, 6.07) is 65.5. The summed E-state index contributed by atoms with van der Waals surface area (Å²) in [5.74, 6) is 0. The average Bonchev–Trinajstić information content (AvgIpc) is 3.85. The SMILES string of the molecule is c1ccc(-c2ccc(-c3cccc(-n4c5ccccc5c5cc6c7ccccc7n(-c7cccc8oc9ccccc9c78)c6cc54)c3)cc2)cc1. The van der Waals surface area contributed by atoms with Crippen molar-refractivity contribution in [2.45, 2.75) is 0 Å². The Hall–Kier alpha value is -6.84. The smallest absolute Gasteiger partial charge is 0.137 e. The molecule has 0 unspecified atom stereocenters. The van der Waals surface area contributed by atoms with Crippen molar-refractivity contribution >= 4 is 65.6 Å². The monoisotopic (exact) mass is 650 g/mol. The van der Waals surface area contributed by atoms with Crippen LogP contribution in [0, 0.1) is 0 Å². The number of aromatic nitrogens is 2. The number of hydrogen-bond donors (Lipinski definition) is 0. The molecule has 0 N–H and O–H groups in total. The molecule has 3 nitrogen and oxygen atoms in total. The highest BCUT2D eigenvalue weighted by Gasteiger charge is 2.21. The topological polar surface area (TPSA) is 23.0 Å². The highest BCUT2D eigenvalue weighted by Crippen LogP contribution is 2.42. The van der Waals surface area contributed by atoms with E-state index in [1.807, 2.05) is 6.07 Å². The van der Waals surface area contributed by atoms with Gasteiger partial charge in [0.25, 0.3) is 0 Å². The van der Waals surface area contributed by atoms with Crippen molar-refractivity contribution in [1.82, 2.24) is 9.13 Å². The van der Waals surface area contributed by atoms with Crippen LogP contribution in [0.15, 0.2) is 186 Å². The lowest BCUT2D eigenvalue weighted by Gasteiger charge is -2.12. The zero-order valence-corrected chi connectivity index (χ0v) is 27.6. The van der Waals surface area contributed by atoms with Crippen LogP contribution in [0.3, 0.4) is 0 Å². The molecular formula is C48H30N2O. The van der Waals surface area contributed by atoms with Gasteiger partial charge in [0.15, 0.2) is 0 Å². The van der Waals surface area contributed by atoms with E-state index in [2.05, 4.69) is 185 Å². The molecule has 0 fully saturated rings. The molecule has 0 radical (unpaired) electrons. The number of hydrogen-bond acceptors (Lipinski definition) is 1. The van der Waals surface area contributed by atoms with Crippen molar-refractivity contribution < 1.29 is 4.42 Å². The highest BCUT2D eigenvalue weighted by atomic mass is 16.3. The lowest BCUT2D eigenvalue weighted by atomic mass is 10.00. The van der Waals surface area contributed by atoms with E-state index >= 15 is 0 Å². The fourth-order valence-corrected chi connectivity index (χ4v) is 8.22. The molecule has 0 aliphatic heterocycles. The molecule has 11 rings (SSSR count). The molecule has 3 aromatic heterocycles. The predicted octanol–water partition coefficient (Wildman–Crippen LogP) is 13.1. The number of furan rings is 1. The molecule has 0 spiro atoms. The van der Waals surface area contributed by atoms with Gasteiger partial charge in [0.2, 0.25) is 0 Å². The summed E-state index contributed by atoms with van der Waals surface area (Å²) in [6.07, 6.45) is 0. The van der Waals surface area contributed by atoms with Gasteiger partial charge in [-0.15, -0.1) is 0 Å². The van der Waals surface area contributed by atoms with Crippen LogP contribution in [0.2, 0.25) is 0 Å². The molecule has 0 atom stereocenters. The van der Waals surface area contributed by atoms with E-state index < -0.39 is 0 Å². The van der Waals surface area contributed by atoms with Gasteiger partial charge < -0.3 is 13.6 Å². The van der Waals surface area contributed by atoms with Gasteiger partial charge in [-0.2, -0.15) is 0 Å². The van der Waals surface area contributed by atoms with Crippen LogP contribution >= 0.6 is 0 Å². The summed E-state index contributed by atoms with van der Waals surface area (Å²) >= 11 is 0. The summed E-state index contributed by atoms with van der Waals surface area (Å²) in [6.45, 7) is 0. The van der Waals surface area contributed by atoms with Gasteiger partial charge in [0.05, 0.1) is 33.1 Å². The van der Waals surface area contributed by atoms with Gasteiger partial charge in [-0.1, -0.05) is 127 Å². The number of rotatable bonds is 4. The number of fused-ring (bicyclic) bond motifs is 9. The number of nitrogens with zero attached hydrogens (tertiary/aromatic N) is 2. The third-order valence-electron chi connectivity index (χ3n) is 10.5. The molecule has 3 heteroatoms. The van der Waals surface area contributed by atoms with Crippen molar-refractivity contribution in [1.29, 1.82) is 0 Å². The summed E-state index contributed by atoms with van der Waals surface area (Å²) in [4.78, 5) is 0. The zero-order chi connectivity index (χ0) is 33.5. The molecule has 8 aromatic carbocycles. The molecule has 0 saturated heterocycles. The van der Waals surface area contributed by atoms with Crippen LogP contribution < -0.4 is 0 Å². The summed E-state index contributed by atoms with van der Waals surface area (Å²) < 4.78 is 11.2. The zero-order valence-electron chi connectivity index (χ0n) is 27.6. The Labute approximate surface area is 293 Å². The second-order valence-electron chi connectivity index (χ2n) is 13.3. The Bertz CT molecular complexity index is 3120. The van der Waals surface area contributed by atoms with Crippen LogP contribution in [0.5, 0.6) is 0 Å². The second-order valence-corrected chi connectivity index (χ2v) is 13.3. The largest absolute Gasteiger partial charge is 0.456 e. The van der Waals surface area contributed by atoms with E-state index in [9.17, 15) is 0 Å². The lowest BCUT2D eigenvalue weighted by molar-refractivity contribution is 0.669. The van der Waals surface area contributed by atoms with E-state index in [0.717, 1.165) is 38.8 Å². The van der Waals surface area contributed by atoms with Gasteiger partial charge in [0, 0.05) is 32.6 Å². The van der Waals surface area contributed by atoms with Crippen molar-refractivity contribution in [2.24, 2.45) is 0 Å². The third kappa shape index (κ3) is 4.19. The molecule has 0 amide bonds. The molecule has 51 heavy (non-hydrogen) atoms. The normalized spacial score (nSPS) is 11.9. The quantitative estimate of drug-likeness (QED) is 0.186.